The van der Waals surface area contributed by atoms with Crippen molar-refractivity contribution in [3.05, 3.63) is 70.9 Å². The van der Waals surface area contributed by atoms with E-state index >= 15 is 0 Å². The average Bonchev–Trinajstić information content (AvgIpc) is 3.17. The summed E-state index contributed by atoms with van der Waals surface area (Å²) in [5, 5.41) is 18.1. The zero-order valence-electron chi connectivity index (χ0n) is 22.4. The van der Waals surface area contributed by atoms with Gasteiger partial charge in [0.05, 0.1) is 22.5 Å². The molecule has 0 bridgehead atoms. The number of aliphatic hydroxyl groups is 1. The minimum Gasteiger partial charge on any atom is -0.506 e. The lowest BCUT2D eigenvalue weighted by Crippen LogP contribution is -2.25. The number of benzene rings is 2. The Hall–Kier alpha value is -4.53. The van der Waals surface area contributed by atoms with Gasteiger partial charge in [0.2, 0.25) is 0 Å². The third kappa shape index (κ3) is 6.31. The molecule has 1 aromatic heterocycles. The molecule has 1 amide bonds. The molecule has 0 saturated carbocycles. The monoisotopic (exact) mass is 529 g/mol. The summed E-state index contributed by atoms with van der Waals surface area (Å²) in [6.45, 7) is 8.08. The van der Waals surface area contributed by atoms with Gasteiger partial charge in [0.1, 0.15) is 11.5 Å². The number of pyridine rings is 1. The molecule has 0 radical (unpaired) electrons. The van der Waals surface area contributed by atoms with E-state index in [1.165, 1.54) is 23.8 Å². The molecule has 0 fully saturated rings. The molecule has 39 heavy (non-hydrogen) atoms. The maximum Gasteiger partial charge on any atom is 0.433 e. The zero-order valence-corrected chi connectivity index (χ0v) is 22.4. The fraction of sp³-hybridized carbons (Fsp3) is 0.300. The molecule has 202 valence electrons. The van der Waals surface area contributed by atoms with E-state index < -0.39 is 12.1 Å². The van der Waals surface area contributed by atoms with Crippen molar-refractivity contribution >= 4 is 45.8 Å². The summed E-state index contributed by atoms with van der Waals surface area (Å²) < 4.78 is 5.39. The second kappa shape index (κ2) is 11.9. The van der Waals surface area contributed by atoms with Gasteiger partial charge < -0.3 is 15.2 Å². The highest BCUT2D eigenvalue weighted by molar-refractivity contribution is 6.38. The van der Waals surface area contributed by atoms with Gasteiger partial charge in [-0.3, -0.25) is 14.4 Å². The summed E-state index contributed by atoms with van der Waals surface area (Å²) in [6, 6.07) is 14.1. The van der Waals surface area contributed by atoms with Crippen molar-refractivity contribution in [2.45, 2.75) is 52.9 Å². The number of aromatic nitrogens is 1. The number of aliphatic hydroxyl groups excluding tert-OH is 1. The lowest BCUT2D eigenvalue weighted by atomic mass is 10.00. The molecule has 0 unspecified atom stereocenters. The van der Waals surface area contributed by atoms with Crippen LogP contribution in [0.1, 0.15) is 80.1 Å². The minimum absolute atomic E-state index is 0.0418. The molecule has 1 heterocycles. The maximum absolute atomic E-state index is 13.1. The van der Waals surface area contributed by atoms with E-state index in [1.807, 2.05) is 25.1 Å². The molecule has 0 aliphatic heterocycles. The zero-order chi connectivity index (χ0) is 28.1. The predicted molar refractivity (Wildman–Crippen MR) is 149 cm³/mol. The Balaban J connectivity index is 1.41. The Bertz CT molecular complexity index is 1510. The normalized spacial score (nSPS) is 13.2. The first kappa shape index (κ1) is 27.5. The first-order valence-corrected chi connectivity index (χ1v) is 12.9. The van der Waals surface area contributed by atoms with Crippen LogP contribution in [0.3, 0.4) is 0 Å². The summed E-state index contributed by atoms with van der Waals surface area (Å²) >= 11 is 0. The van der Waals surface area contributed by atoms with Crippen molar-refractivity contribution in [1.29, 1.82) is 0 Å². The first-order chi connectivity index (χ1) is 18.7. The molecular formula is C30H31N3O6. The Morgan fingerprint density at radius 3 is 2.62 bits per heavy atom. The maximum atomic E-state index is 13.1. The summed E-state index contributed by atoms with van der Waals surface area (Å²) in [4.78, 5) is 46.3. The van der Waals surface area contributed by atoms with Gasteiger partial charge in [0.25, 0.3) is 0 Å². The third-order valence-electron chi connectivity index (χ3n) is 6.45. The van der Waals surface area contributed by atoms with Crippen molar-refractivity contribution < 1.29 is 29.1 Å². The van der Waals surface area contributed by atoms with Crippen LogP contribution in [-0.2, 0) is 9.63 Å². The van der Waals surface area contributed by atoms with E-state index in [0.29, 0.717) is 35.7 Å². The molecule has 2 N–H and O–H groups in total. The molecule has 0 saturated heterocycles. The van der Waals surface area contributed by atoms with Crippen LogP contribution in [0.5, 0.6) is 5.75 Å². The van der Waals surface area contributed by atoms with Crippen molar-refractivity contribution in [2.75, 3.05) is 6.54 Å². The number of esters is 1. The molecule has 9 heteroatoms. The van der Waals surface area contributed by atoms with Gasteiger partial charge in [0, 0.05) is 29.5 Å². The van der Waals surface area contributed by atoms with Gasteiger partial charge in [-0.2, -0.15) is 0 Å². The largest absolute Gasteiger partial charge is 0.506 e. The van der Waals surface area contributed by atoms with E-state index in [2.05, 4.69) is 35.4 Å². The number of carbonyl (C=O) groups excluding carboxylic acids is 3. The van der Waals surface area contributed by atoms with Crippen LogP contribution in [0, 0.1) is 0 Å². The number of ether oxygens (including phenoxy) is 1. The number of allylic oxidation sites excluding steroid dienone is 1. The average molecular weight is 530 g/mol. The summed E-state index contributed by atoms with van der Waals surface area (Å²) in [5.41, 5.74) is 3.68. The van der Waals surface area contributed by atoms with Crippen molar-refractivity contribution in [3.8, 4) is 5.75 Å². The molecule has 1 aliphatic carbocycles. The Morgan fingerprint density at radius 2 is 1.87 bits per heavy atom. The number of rotatable bonds is 9. The number of nitrogens with zero attached hydrogens (tertiary/aromatic N) is 2. The molecule has 2 aromatic carbocycles. The van der Waals surface area contributed by atoms with Gasteiger partial charge >= 0.3 is 12.1 Å². The van der Waals surface area contributed by atoms with Gasteiger partial charge in [-0.15, -0.1) is 0 Å². The van der Waals surface area contributed by atoms with Crippen LogP contribution in [-0.4, -0.2) is 40.2 Å². The van der Waals surface area contributed by atoms with E-state index in [9.17, 15) is 19.5 Å². The highest BCUT2D eigenvalue weighted by atomic mass is 16.7. The highest BCUT2D eigenvalue weighted by Crippen LogP contribution is 2.38. The summed E-state index contributed by atoms with van der Waals surface area (Å²) in [6.07, 6.45) is 0.346. The number of ketones is 1. The second-order valence-electron chi connectivity index (χ2n) is 9.63. The Kier molecular flexibility index (Phi) is 8.39. The quantitative estimate of drug-likeness (QED) is 0.0846. The van der Waals surface area contributed by atoms with E-state index in [4.69, 9.17) is 9.57 Å². The van der Waals surface area contributed by atoms with Crippen LogP contribution >= 0.6 is 0 Å². The van der Waals surface area contributed by atoms with Crippen LogP contribution in [0.15, 0.2) is 53.7 Å². The lowest BCUT2D eigenvalue weighted by molar-refractivity contribution is -0.134. The third-order valence-corrected chi connectivity index (χ3v) is 6.45. The fourth-order valence-corrected chi connectivity index (χ4v) is 4.06. The van der Waals surface area contributed by atoms with Crippen LogP contribution < -0.4 is 10.1 Å². The predicted octanol–water partition coefficient (Wildman–Crippen LogP) is 6.18. The molecule has 1 aliphatic rings. The molecular weight excluding hydrogens is 498 g/mol. The lowest BCUT2D eigenvalue weighted by Gasteiger charge is -2.08. The Morgan fingerprint density at radius 1 is 1.08 bits per heavy atom. The van der Waals surface area contributed by atoms with E-state index in [1.54, 1.807) is 13.0 Å². The Labute approximate surface area is 226 Å². The topological polar surface area (TPSA) is 127 Å². The standard InChI is InChI=1S/C30H31N3O6/c1-5-18(4)33-39-30(37)31-14-6-7-26(34)38-21-10-11-22-23(16-21)29(36)27(28(22)35)25-13-9-20-15-19(17(2)3)8-12-24(20)32-25/h8-13,15-17,36H,5-7,14H2,1-4H3,(H,31,37)/b33-18+. The minimum atomic E-state index is -0.696. The smallest absolute Gasteiger partial charge is 0.433 e. The molecule has 0 spiro atoms. The van der Waals surface area contributed by atoms with Gasteiger partial charge in [-0.1, -0.05) is 38.1 Å². The number of carbonyl (C=O) groups is 3. The van der Waals surface area contributed by atoms with Gasteiger partial charge in [-0.05, 0) is 67.6 Å². The number of oxime groups is 1. The summed E-state index contributed by atoms with van der Waals surface area (Å²) in [7, 11) is 0. The molecule has 9 nitrogen and oxygen atoms in total. The molecule has 4 rings (SSSR count). The summed E-state index contributed by atoms with van der Waals surface area (Å²) in [5.74, 6) is -0.492. The highest BCUT2D eigenvalue weighted by Gasteiger charge is 2.32. The van der Waals surface area contributed by atoms with E-state index in [-0.39, 0.29) is 41.4 Å². The number of fused-ring (bicyclic) bond motifs is 2. The second-order valence-corrected chi connectivity index (χ2v) is 9.63. The number of hydrogen-bond acceptors (Lipinski definition) is 8. The van der Waals surface area contributed by atoms with Crippen LogP contribution in [0.4, 0.5) is 4.79 Å². The van der Waals surface area contributed by atoms with Gasteiger partial charge in [0.15, 0.2) is 5.78 Å². The first-order valence-electron chi connectivity index (χ1n) is 12.9. The molecule has 0 atom stereocenters. The number of hydrogen-bond donors (Lipinski definition) is 2. The fourth-order valence-electron chi connectivity index (χ4n) is 4.06. The van der Waals surface area contributed by atoms with Crippen LogP contribution in [0.25, 0.3) is 22.2 Å². The SMILES string of the molecule is CC/C(C)=N/OC(=O)NCCCC(=O)Oc1ccc2c(c1)C(O)=C(c1ccc3cc(C(C)C)ccc3n1)C2=O. The van der Waals surface area contributed by atoms with Crippen molar-refractivity contribution in [2.24, 2.45) is 5.16 Å². The van der Waals surface area contributed by atoms with Gasteiger partial charge in [-0.25, -0.2) is 9.78 Å². The number of amides is 1. The number of nitrogens with one attached hydrogen (secondary N) is 1. The molecule has 3 aromatic rings. The van der Waals surface area contributed by atoms with Crippen LogP contribution in [0.2, 0.25) is 0 Å². The van der Waals surface area contributed by atoms with E-state index in [0.717, 1.165) is 10.9 Å². The van der Waals surface area contributed by atoms with Crippen molar-refractivity contribution in [1.82, 2.24) is 10.3 Å². The number of Topliss-reactive ketones (excluding diaryl/α,β-unsaturated/α-hetero) is 1. The van der Waals surface area contributed by atoms with Crippen molar-refractivity contribution in [3.63, 3.8) is 0 Å².